The molecule has 3 rings (SSSR count). The van der Waals surface area contributed by atoms with Gasteiger partial charge in [-0.25, -0.2) is 0 Å². The quantitative estimate of drug-likeness (QED) is 0.543. The summed E-state index contributed by atoms with van der Waals surface area (Å²) >= 11 is 1.39. The highest BCUT2D eigenvalue weighted by atomic mass is 32.2. The van der Waals surface area contributed by atoms with Crippen LogP contribution in [0.3, 0.4) is 0 Å². The highest BCUT2D eigenvalue weighted by Gasteiger charge is 2.31. The van der Waals surface area contributed by atoms with Gasteiger partial charge in [-0.2, -0.15) is 4.68 Å². The predicted molar refractivity (Wildman–Crippen MR) is 121 cm³/mol. The zero-order valence-corrected chi connectivity index (χ0v) is 19.3. The summed E-state index contributed by atoms with van der Waals surface area (Å²) in [7, 11) is 0. The zero-order chi connectivity index (χ0) is 21.9. The Morgan fingerprint density at radius 1 is 1.07 bits per heavy atom. The van der Waals surface area contributed by atoms with Crippen LogP contribution in [0.25, 0.3) is 5.69 Å². The standard InChI is InChI=1S/C23H29N5OS/c1-16-11-10-12-17(2)20(16)28-22(24-25-26-28)30-18(3)21(29)27(23(4,5)6)15-19-13-8-7-9-14-19/h7-14,18H,15H2,1-6H3/t18-/m0/s1. The van der Waals surface area contributed by atoms with Crippen LogP contribution >= 0.6 is 11.8 Å². The van der Waals surface area contributed by atoms with Crippen molar-refractivity contribution in [1.29, 1.82) is 0 Å². The third kappa shape index (κ3) is 4.90. The predicted octanol–water partition coefficient (Wildman–Crippen LogP) is 4.59. The minimum absolute atomic E-state index is 0.0624. The van der Waals surface area contributed by atoms with E-state index in [1.807, 2.05) is 74.2 Å². The molecule has 0 radical (unpaired) electrons. The number of para-hydroxylation sites is 1. The van der Waals surface area contributed by atoms with E-state index in [1.165, 1.54) is 11.8 Å². The van der Waals surface area contributed by atoms with Crippen molar-refractivity contribution in [2.45, 2.75) is 64.0 Å². The van der Waals surface area contributed by atoms with Gasteiger partial charge >= 0.3 is 0 Å². The van der Waals surface area contributed by atoms with Crippen molar-refractivity contribution in [2.24, 2.45) is 0 Å². The van der Waals surface area contributed by atoms with Crippen molar-refractivity contribution < 1.29 is 4.79 Å². The number of amides is 1. The number of carbonyl (C=O) groups is 1. The van der Waals surface area contributed by atoms with Gasteiger partial charge in [0, 0.05) is 12.1 Å². The van der Waals surface area contributed by atoms with Gasteiger partial charge in [-0.05, 0) is 68.7 Å². The molecule has 1 heterocycles. The van der Waals surface area contributed by atoms with Crippen LogP contribution in [-0.4, -0.2) is 41.8 Å². The highest BCUT2D eigenvalue weighted by molar-refractivity contribution is 8.00. The van der Waals surface area contributed by atoms with E-state index in [2.05, 4.69) is 36.3 Å². The van der Waals surface area contributed by atoms with Gasteiger partial charge in [0.05, 0.1) is 10.9 Å². The van der Waals surface area contributed by atoms with Crippen LogP contribution in [0.15, 0.2) is 53.7 Å². The lowest BCUT2D eigenvalue weighted by Gasteiger charge is -2.37. The SMILES string of the molecule is Cc1cccc(C)c1-n1nnnc1S[C@@H](C)C(=O)N(Cc1ccccc1)C(C)(C)C. The van der Waals surface area contributed by atoms with Crippen molar-refractivity contribution in [1.82, 2.24) is 25.1 Å². The fraction of sp³-hybridized carbons (Fsp3) is 0.391. The Hall–Kier alpha value is -2.67. The second-order valence-electron chi connectivity index (χ2n) is 8.45. The second-order valence-corrected chi connectivity index (χ2v) is 9.76. The van der Waals surface area contributed by atoms with Gasteiger partial charge in [-0.3, -0.25) is 4.79 Å². The van der Waals surface area contributed by atoms with Crippen LogP contribution in [-0.2, 0) is 11.3 Å². The van der Waals surface area contributed by atoms with E-state index in [4.69, 9.17) is 0 Å². The number of rotatable bonds is 6. The number of aromatic nitrogens is 4. The van der Waals surface area contributed by atoms with Crippen LogP contribution in [0.5, 0.6) is 0 Å². The average molecular weight is 424 g/mol. The molecule has 3 aromatic rings. The van der Waals surface area contributed by atoms with E-state index in [0.717, 1.165) is 22.4 Å². The maximum Gasteiger partial charge on any atom is 0.236 e. The maximum atomic E-state index is 13.4. The fourth-order valence-corrected chi connectivity index (χ4v) is 4.23. The molecular formula is C23H29N5OS. The van der Waals surface area contributed by atoms with Crippen LogP contribution in [0.1, 0.15) is 44.4 Å². The van der Waals surface area contributed by atoms with Gasteiger partial charge in [0.2, 0.25) is 11.1 Å². The lowest BCUT2D eigenvalue weighted by molar-refractivity contribution is -0.135. The minimum Gasteiger partial charge on any atom is -0.333 e. The van der Waals surface area contributed by atoms with Crippen molar-refractivity contribution in [3.8, 4) is 5.69 Å². The van der Waals surface area contributed by atoms with Crippen molar-refractivity contribution in [3.05, 3.63) is 65.2 Å². The minimum atomic E-state index is -0.331. The molecule has 0 aliphatic rings. The van der Waals surface area contributed by atoms with Gasteiger partial charge in [0.1, 0.15) is 0 Å². The van der Waals surface area contributed by atoms with Gasteiger partial charge in [0.15, 0.2) is 0 Å². The number of tetrazole rings is 1. The summed E-state index contributed by atoms with van der Waals surface area (Å²) < 4.78 is 1.73. The Labute approximate surface area is 182 Å². The molecule has 1 amide bonds. The monoisotopic (exact) mass is 423 g/mol. The lowest BCUT2D eigenvalue weighted by Crippen LogP contribution is -2.48. The van der Waals surface area contributed by atoms with Crippen molar-refractivity contribution in [2.75, 3.05) is 0 Å². The third-order valence-electron chi connectivity index (χ3n) is 4.98. The summed E-state index contributed by atoms with van der Waals surface area (Å²) in [5.41, 5.74) is 3.94. The smallest absolute Gasteiger partial charge is 0.236 e. The molecule has 158 valence electrons. The molecule has 0 aliphatic carbocycles. The number of benzene rings is 2. The Balaban J connectivity index is 1.84. The number of thioether (sulfide) groups is 1. The van der Waals surface area contributed by atoms with E-state index < -0.39 is 0 Å². The number of nitrogens with zero attached hydrogens (tertiary/aromatic N) is 5. The molecule has 30 heavy (non-hydrogen) atoms. The molecule has 2 aromatic carbocycles. The number of aryl methyl sites for hydroxylation is 2. The Morgan fingerprint density at radius 3 is 2.30 bits per heavy atom. The normalized spacial score (nSPS) is 12.6. The first-order valence-corrected chi connectivity index (χ1v) is 10.9. The van der Waals surface area contributed by atoms with Crippen LogP contribution in [0, 0.1) is 13.8 Å². The highest BCUT2D eigenvalue weighted by Crippen LogP contribution is 2.29. The van der Waals surface area contributed by atoms with E-state index in [0.29, 0.717) is 11.7 Å². The summed E-state index contributed by atoms with van der Waals surface area (Å²) in [5, 5.41) is 12.5. The molecular weight excluding hydrogens is 394 g/mol. The van der Waals surface area contributed by atoms with Gasteiger partial charge < -0.3 is 4.90 Å². The molecule has 0 saturated heterocycles. The summed E-state index contributed by atoms with van der Waals surface area (Å²) in [6, 6.07) is 16.2. The van der Waals surface area contributed by atoms with Crippen LogP contribution in [0.2, 0.25) is 0 Å². The summed E-state index contributed by atoms with van der Waals surface area (Å²) in [6.07, 6.45) is 0. The van der Waals surface area contributed by atoms with Crippen LogP contribution in [0.4, 0.5) is 0 Å². The Kier molecular flexibility index (Phi) is 6.61. The van der Waals surface area contributed by atoms with Gasteiger partial charge in [-0.1, -0.05) is 60.3 Å². The molecule has 6 nitrogen and oxygen atoms in total. The maximum absolute atomic E-state index is 13.4. The third-order valence-corrected chi connectivity index (χ3v) is 6.00. The topological polar surface area (TPSA) is 63.9 Å². The van der Waals surface area contributed by atoms with Crippen molar-refractivity contribution in [3.63, 3.8) is 0 Å². The first-order chi connectivity index (χ1) is 14.2. The largest absolute Gasteiger partial charge is 0.333 e. The summed E-state index contributed by atoms with van der Waals surface area (Å²) in [6.45, 7) is 12.7. The van der Waals surface area contributed by atoms with Crippen LogP contribution < -0.4 is 0 Å². The first kappa shape index (κ1) is 22.0. The van der Waals surface area contributed by atoms with Gasteiger partial charge in [0.25, 0.3) is 0 Å². The molecule has 0 saturated carbocycles. The number of hydrogen-bond acceptors (Lipinski definition) is 5. The molecule has 0 N–H and O–H groups in total. The fourth-order valence-electron chi connectivity index (χ4n) is 3.37. The Bertz CT molecular complexity index is 990. The van der Waals surface area contributed by atoms with E-state index in [-0.39, 0.29) is 16.7 Å². The first-order valence-electron chi connectivity index (χ1n) is 10.1. The molecule has 0 aliphatic heterocycles. The molecule has 1 atom stereocenters. The summed E-state index contributed by atoms with van der Waals surface area (Å²) in [4.78, 5) is 15.4. The lowest BCUT2D eigenvalue weighted by atomic mass is 10.0. The summed E-state index contributed by atoms with van der Waals surface area (Å²) in [5.74, 6) is 0.0624. The van der Waals surface area contributed by atoms with E-state index in [9.17, 15) is 4.79 Å². The Morgan fingerprint density at radius 2 is 1.70 bits per heavy atom. The van der Waals surface area contributed by atoms with E-state index >= 15 is 0 Å². The zero-order valence-electron chi connectivity index (χ0n) is 18.5. The molecule has 0 spiro atoms. The molecule has 7 heteroatoms. The van der Waals surface area contributed by atoms with Gasteiger partial charge in [-0.15, -0.1) is 5.10 Å². The average Bonchev–Trinajstić information content (AvgIpc) is 3.13. The number of carbonyl (C=O) groups excluding carboxylic acids is 1. The van der Waals surface area contributed by atoms with Crippen molar-refractivity contribution >= 4 is 17.7 Å². The number of hydrogen-bond donors (Lipinski definition) is 0. The molecule has 0 bridgehead atoms. The van der Waals surface area contributed by atoms with E-state index in [1.54, 1.807) is 4.68 Å². The molecule has 0 fully saturated rings. The molecule has 0 unspecified atom stereocenters. The molecule has 1 aromatic heterocycles. The second kappa shape index (κ2) is 9.00.